The average molecular weight is 223 g/mol. The number of allylic oxidation sites excluding steroid dienone is 1. The molecule has 86 valence electrons. The molecule has 0 fully saturated rings. The molecule has 0 spiro atoms. The van der Waals surface area contributed by atoms with E-state index in [-0.39, 0.29) is 11.4 Å². The van der Waals surface area contributed by atoms with Crippen LogP contribution in [-0.4, -0.2) is 17.1 Å². The van der Waals surface area contributed by atoms with E-state index >= 15 is 0 Å². The Kier molecular flexibility index (Phi) is 3.88. The minimum atomic E-state index is -0.417. The number of methoxy groups -OCH3 is 1. The number of aromatic hydroxyl groups is 1. The average Bonchev–Trinajstić information content (AvgIpc) is 2.27. The predicted octanol–water partition coefficient (Wildman–Crippen LogP) is 2.43. The first-order valence-electron chi connectivity index (χ1n) is 4.80. The number of rotatable bonds is 4. The van der Waals surface area contributed by atoms with Gasteiger partial charge >= 0.3 is 0 Å². The predicted molar refractivity (Wildman–Crippen MR) is 59.9 cm³/mol. The minimum absolute atomic E-state index is 0.0128. The molecule has 0 aliphatic heterocycles. The van der Waals surface area contributed by atoms with E-state index in [1.807, 2.05) is 0 Å². The van der Waals surface area contributed by atoms with Gasteiger partial charge in [-0.2, -0.15) is 0 Å². The molecule has 1 N–H and O–H groups in total. The molecule has 0 bridgehead atoms. The first-order valence-corrected chi connectivity index (χ1v) is 4.80. The van der Waals surface area contributed by atoms with E-state index in [0.717, 1.165) is 0 Å². The molecule has 1 rings (SSSR count). The van der Waals surface area contributed by atoms with Crippen molar-refractivity contribution in [3.05, 3.63) is 39.6 Å². The van der Waals surface area contributed by atoms with Gasteiger partial charge in [0.15, 0.2) is 11.5 Å². The van der Waals surface area contributed by atoms with Crippen LogP contribution in [0.1, 0.15) is 18.9 Å². The van der Waals surface area contributed by atoms with Crippen molar-refractivity contribution in [3.63, 3.8) is 0 Å². The van der Waals surface area contributed by atoms with Gasteiger partial charge in [0.25, 0.3) is 0 Å². The molecule has 0 saturated heterocycles. The highest BCUT2D eigenvalue weighted by Crippen LogP contribution is 2.27. The molecule has 5 heteroatoms. The molecule has 16 heavy (non-hydrogen) atoms. The molecule has 0 unspecified atom stereocenters. The van der Waals surface area contributed by atoms with Gasteiger partial charge in [0, 0.05) is 12.5 Å². The van der Waals surface area contributed by atoms with Gasteiger partial charge in [0.05, 0.1) is 12.0 Å². The number of ether oxygens (including phenoxy) is 1. The fraction of sp³-hybridized carbons (Fsp3) is 0.273. The Morgan fingerprint density at radius 1 is 1.62 bits per heavy atom. The van der Waals surface area contributed by atoms with E-state index in [4.69, 9.17) is 4.74 Å². The SMILES string of the molecule is CCC(=Cc1ccc(O)c(OC)c1)[N+](=O)[O-]. The third-order valence-corrected chi connectivity index (χ3v) is 2.13. The van der Waals surface area contributed by atoms with Crippen LogP contribution in [0.4, 0.5) is 0 Å². The van der Waals surface area contributed by atoms with E-state index < -0.39 is 4.92 Å². The van der Waals surface area contributed by atoms with Crippen LogP contribution in [0.5, 0.6) is 11.5 Å². The molecular formula is C11H13NO4. The summed E-state index contributed by atoms with van der Waals surface area (Å²) in [7, 11) is 1.43. The summed E-state index contributed by atoms with van der Waals surface area (Å²) in [4.78, 5) is 10.2. The van der Waals surface area contributed by atoms with Crippen molar-refractivity contribution in [1.29, 1.82) is 0 Å². The largest absolute Gasteiger partial charge is 0.504 e. The second-order valence-electron chi connectivity index (χ2n) is 3.18. The van der Waals surface area contributed by atoms with Crippen molar-refractivity contribution in [3.8, 4) is 11.5 Å². The smallest absolute Gasteiger partial charge is 0.246 e. The first-order chi connectivity index (χ1) is 7.58. The number of phenolic OH excluding ortho intramolecular Hbond substituents is 1. The maximum Gasteiger partial charge on any atom is 0.246 e. The standard InChI is InChI=1S/C11H13NO4/c1-3-9(12(14)15)6-8-4-5-10(13)11(7-8)16-2/h4-7,13H,3H2,1-2H3. The van der Waals surface area contributed by atoms with Crippen molar-refractivity contribution in [2.24, 2.45) is 0 Å². The lowest BCUT2D eigenvalue weighted by Crippen LogP contribution is -1.96. The topological polar surface area (TPSA) is 72.6 Å². The van der Waals surface area contributed by atoms with E-state index in [0.29, 0.717) is 17.7 Å². The Hall–Kier alpha value is -2.04. The quantitative estimate of drug-likeness (QED) is 0.628. The van der Waals surface area contributed by atoms with E-state index in [1.54, 1.807) is 19.1 Å². The van der Waals surface area contributed by atoms with Crippen LogP contribution in [0.25, 0.3) is 6.08 Å². The summed E-state index contributed by atoms with van der Waals surface area (Å²) in [5.41, 5.74) is 0.746. The third kappa shape index (κ3) is 2.73. The van der Waals surface area contributed by atoms with Crippen LogP contribution in [0.3, 0.4) is 0 Å². The molecular weight excluding hydrogens is 210 g/mol. The van der Waals surface area contributed by atoms with Crippen LogP contribution in [0.15, 0.2) is 23.9 Å². The van der Waals surface area contributed by atoms with Crippen molar-refractivity contribution >= 4 is 6.08 Å². The first kappa shape index (κ1) is 12.0. The van der Waals surface area contributed by atoms with Gasteiger partial charge in [-0.3, -0.25) is 10.1 Å². The Morgan fingerprint density at radius 2 is 2.31 bits per heavy atom. The molecule has 1 aromatic rings. The Balaban J connectivity index is 3.10. The van der Waals surface area contributed by atoms with Crippen LogP contribution in [0, 0.1) is 10.1 Å². The zero-order chi connectivity index (χ0) is 12.1. The second kappa shape index (κ2) is 5.16. The van der Waals surface area contributed by atoms with Crippen LogP contribution >= 0.6 is 0 Å². The van der Waals surface area contributed by atoms with Gasteiger partial charge in [0.2, 0.25) is 5.70 Å². The molecule has 1 aromatic carbocycles. The Morgan fingerprint density at radius 3 is 2.81 bits per heavy atom. The number of benzene rings is 1. The lowest BCUT2D eigenvalue weighted by Gasteiger charge is -2.03. The number of phenols is 1. The summed E-state index contributed by atoms with van der Waals surface area (Å²) >= 11 is 0. The highest BCUT2D eigenvalue weighted by atomic mass is 16.6. The third-order valence-electron chi connectivity index (χ3n) is 2.13. The number of nitro groups is 1. The molecule has 0 aliphatic carbocycles. The highest BCUT2D eigenvalue weighted by molar-refractivity contribution is 5.56. The Labute approximate surface area is 93.1 Å². The van der Waals surface area contributed by atoms with Gasteiger partial charge in [-0.05, 0) is 17.7 Å². The summed E-state index contributed by atoms with van der Waals surface area (Å²) in [6.07, 6.45) is 1.80. The van der Waals surface area contributed by atoms with Gasteiger partial charge < -0.3 is 9.84 Å². The van der Waals surface area contributed by atoms with Crippen molar-refractivity contribution < 1.29 is 14.8 Å². The maximum absolute atomic E-state index is 10.6. The number of nitrogens with zero attached hydrogens (tertiary/aromatic N) is 1. The normalized spacial score (nSPS) is 11.2. The monoisotopic (exact) mass is 223 g/mol. The molecule has 0 saturated carbocycles. The zero-order valence-electron chi connectivity index (χ0n) is 9.14. The van der Waals surface area contributed by atoms with Gasteiger partial charge in [-0.15, -0.1) is 0 Å². The Bertz CT molecular complexity index is 426. The second-order valence-corrected chi connectivity index (χ2v) is 3.18. The molecule has 0 atom stereocenters. The van der Waals surface area contributed by atoms with Crippen molar-refractivity contribution in [2.45, 2.75) is 13.3 Å². The molecule has 0 radical (unpaired) electrons. The summed E-state index contributed by atoms with van der Waals surface area (Å²) in [6, 6.07) is 4.59. The molecule has 0 aromatic heterocycles. The van der Waals surface area contributed by atoms with Gasteiger partial charge in [-0.25, -0.2) is 0 Å². The summed E-state index contributed by atoms with van der Waals surface area (Å²) < 4.78 is 4.91. The van der Waals surface area contributed by atoms with Gasteiger partial charge in [-0.1, -0.05) is 13.0 Å². The van der Waals surface area contributed by atoms with Crippen molar-refractivity contribution in [1.82, 2.24) is 0 Å². The summed E-state index contributed by atoms with van der Waals surface area (Å²) in [5.74, 6) is 0.311. The minimum Gasteiger partial charge on any atom is -0.504 e. The van der Waals surface area contributed by atoms with Crippen LogP contribution in [0.2, 0.25) is 0 Å². The fourth-order valence-electron chi connectivity index (χ4n) is 1.26. The molecule has 5 nitrogen and oxygen atoms in total. The molecule has 0 aliphatic rings. The van der Waals surface area contributed by atoms with E-state index in [9.17, 15) is 15.2 Å². The summed E-state index contributed by atoms with van der Waals surface area (Å²) in [5, 5.41) is 20.0. The molecule has 0 heterocycles. The maximum atomic E-state index is 10.6. The van der Waals surface area contributed by atoms with Crippen LogP contribution in [-0.2, 0) is 0 Å². The van der Waals surface area contributed by atoms with Crippen LogP contribution < -0.4 is 4.74 Å². The van der Waals surface area contributed by atoms with Gasteiger partial charge in [0.1, 0.15) is 0 Å². The van der Waals surface area contributed by atoms with Crippen molar-refractivity contribution in [2.75, 3.05) is 7.11 Å². The lowest BCUT2D eigenvalue weighted by molar-refractivity contribution is -0.425. The summed E-state index contributed by atoms with van der Waals surface area (Å²) in [6.45, 7) is 1.71. The zero-order valence-corrected chi connectivity index (χ0v) is 9.14. The highest BCUT2D eigenvalue weighted by Gasteiger charge is 2.08. The number of hydrogen-bond acceptors (Lipinski definition) is 4. The lowest BCUT2D eigenvalue weighted by atomic mass is 10.1. The number of hydrogen-bond donors (Lipinski definition) is 1. The van der Waals surface area contributed by atoms with E-state index in [1.165, 1.54) is 19.3 Å². The van der Waals surface area contributed by atoms with E-state index in [2.05, 4.69) is 0 Å². The fourth-order valence-corrected chi connectivity index (χ4v) is 1.26. The molecule has 0 amide bonds.